The Labute approximate surface area is 115 Å². The van der Waals surface area contributed by atoms with Gasteiger partial charge < -0.3 is 0 Å². The molecule has 1 nitrogen and oxygen atoms in total. The van der Waals surface area contributed by atoms with Crippen molar-refractivity contribution in [1.29, 1.82) is 5.26 Å². The summed E-state index contributed by atoms with van der Waals surface area (Å²) in [6.45, 7) is 4.37. The van der Waals surface area contributed by atoms with E-state index in [1.807, 2.05) is 6.07 Å². The molecule has 0 N–H and O–H groups in total. The lowest BCUT2D eigenvalue weighted by molar-refractivity contribution is 0.0339. The Bertz CT molecular complexity index is 472. The fraction of sp³-hybridized carbons (Fsp3) is 0.588. The number of nitrogens with zero attached hydrogens (tertiary/aromatic N) is 1. The Morgan fingerprint density at radius 1 is 1.16 bits per heavy atom. The van der Waals surface area contributed by atoms with Gasteiger partial charge in [-0.1, -0.05) is 44.9 Å². The van der Waals surface area contributed by atoms with Crippen molar-refractivity contribution in [3.05, 3.63) is 35.6 Å². The van der Waals surface area contributed by atoms with Crippen LogP contribution in [0.2, 0.25) is 0 Å². The second kappa shape index (κ2) is 5.33. The third-order valence-corrected chi connectivity index (χ3v) is 4.52. The summed E-state index contributed by atoms with van der Waals surface area (Å²) in [5, 5.41) is 9.57. The molecule has 1 aliphatic carbocycles. The minimum atomic E-state index is -0.588. The quantitative estimate of drug-likeness (QED) is 0.732. The molecule has 1 fully saturated rings. The van der Waals surface area contributed by atoms with E-state index in [0.717, 1.165) is 38.5 Å². The number of hydrogen-bond donors (Lipinski definition) is 0. The van der Waals surface area contributed by atoms with Crippen LogP contribution in [0.5, 0.6) is 0 Å². The maximum Gasteiger partial charge on any atom is 0.128 e. The molecule has 2 rings (SSSR count). The van der Waals surface area contributed by atoms with Crippen LogP contribution < -0.4 is 0 Å². The summed E-state index contributed by atoms with van der Waals surface area (Å²) >= 11 is 0. The van der Waals surface area contributed by atoms with E-state index < -0.39 is 5.41 Å². The summed E-state index contributed by atoms with van der Waals surface area (Å²) in [6.07, 6.45) is 6.22. The van der Waals surface area contributed by atoms with E-state index in [4.69, 9.17) is 0 Å². The summed E-state index contributed by atoms with van der Waals surface area (Å²) in [6, 6.07) is 9.17. The second-order valence-corrected chi connectivity index (χ2v) is 6.03. The van der Waals surface area contributed by atoms with Crippen LogP contribution in [0.25, 0.3) is 0 Å². The summed E-state index contributed by atoms with van der Waals surface area (Å²) in [5.41, 5.74) is 0.275. The van der Waals surface area contributed by atoms with Crippen LogP contribution in [0.4, 0.5) is 4.39 Å². The molecule has 0 aliphatic heterocycles. The highest BCUT2D eigenvalue weighted by Gasteiger charge is 2.55. The average Bonchev–Trinajstić information content (AvgIpc) is 2.36. The Morgan fingerprint density at radius 3 is 2.21 bits per heavy atom. The van der Waals surface area contributed by atoms with Gasteiger partial charge in [0.15, 0.2) is 0 Å². The van der Waals surface area contributed by atoms with Gasteiger partial charge in [0.2, 0.25) is 0 Å². The molecule has 0 unspecified atom stereocenters. The molecule has 1 aromatic carbocycles. The van der Waals surface area contributed by atoms with Gasteiger partial charge in [-0.15, -0.1) is 0 Å². The summed E-state index contributed by atoms with van der Waals surface area (Å²) in [4.78, 5) is 0. The van der Waals surface area contributed by atoms with Crippen LogP contribution in [-0.4, -0.2) is 0 Å². The highest BCUT2D eigenvalue weighted by atomic mass is 19.1. The maximum atomic E-state index is 14.0. The predicted molar refractivity (Wildman–Crippen MR) is 75.2 cm³/mol. The van der Waals surface area contributed by atoms with Gasteiger partial charge >= 0.3 is 0 Å². The molecule has 0 bridgehead atoms. The average molecular weight is 259 g/mol. The Morgan fingerprint density at radius 2 is 1.74 bits per heavy atom. The molecular weight excluding hydrogens is 237 g/mol. The van der Waals surface area contributed by atoms with Crippen LogP contribution in [-0.2, 0) is 5.41 Å². The Hall–Kier alpha value is -1.36. The SMILES string of the molecule is CCCC1(CCC)CC(C#N)(c2ccccc2F)C1. The Balaban J connectivity index is 2.26. The topological polar surface area (TPSA) is 23.8 Å². The fourth-order valence-corrected chi connectivity index (χ4v) is 3.95. The summed E-state index contributed by atoms with van der Waals surface area (Å²) in [7, 11) is 0. The van der Waals surface area contributed by atoms with E-state index in [2.05, 4.69) is 19.9 Å². The summed E-state index contributed by atoms with van der Waals surface area (Å²) in [5.74, 6) is -0.231. The molecule has 2 heteroatoms. The smallest absolute Gasteiger partial charge is 0.128 e. The standard InChI is InChI=1S/C17H22FN/c1-3-9-16(10-4-2)11-17(12-16,13-19)14-7-5-6-8-15(14)18/h5-8H,3-4,9-12H2,1-2H3. The third kappa shape index (κ3) is 2.39. The summed E-state index contributed by atoms with van der Waals surface area (Å²) < 4.78 is 14.0. The number of halogens is 1. The molecule has 0 atom stereocenters. The van der Waals surface area contributed by atoms with E-state index in [9.17, 15) is 9.65 Å². The van der Waals surface area contributed by atoms with E-state index in [1.165, 1.54) is 6.07 Å². The first kappa shape index (κ1) is 14.1. The second-order valence-electron chi connectivity index (χ2n) is 6.03. The van der Waals surface area contributed by atoms with Gasteiger partial charge in [0, 0.05) is 5.56 Å². The van der Waals surface area contributed by atoms with Crippen molar-refractivity contribution in [2.75, 3.05) is 0 Å². The third-order valence-electron chi connectivity index (χ3n) is 4.52. The van der Waals surface area contributed by atoms with E-state index in [0.29, 0.717) is 5.56 Å². The number of nitriles is 1. The highest BCUT2D eigenvalue weighted by molar-refractivity contribution is 5.38. The normalized spacial score (nSPS) is 19.5. The molecule has 19 heavy (non-hydrogen) atoms. The number of rotatable bonds is 5. The minimum absolute atomic E-state index is 0.231. The molecule has 1 saturated carbocycles. The van der Waals surface area contributed by atoms with Crippen LogP contribution in [0.1, 0.15) is 57.9 Å². The molecule has 1 aromatic rings. The zero-order valence-electron chi connectivity index (χ0n) is 11.9. The van der Waals surface area contributed by atoms with Crippen molar-refractivity contribution in [3.8, 4) is 6.07 Å². The van der Waals surface area contributed by atoms with E-state index in [1.54, 1.807) is 12.1 Å². The van der Waals surface area contributed by atoms with Crippen LogP contribution in [0.15, 0.2) is 24.3 Å². The largest absolute Gasteiger partial charge is 0.207 e. The number of benzene rings is 1. The molecule has 0 radical (unpaired) electrons. The minimum Gasteiger partial charge on any atom is -0.207 e. The lowest BCUT2D eigenvalue weighted by Gasteiger charge is -2.53. The van der Waals surface area contributed by atoms with Crippen molar-refractivity contribution in [3.63, 3.8) is 0 Å². The Kier molecular flexibility index (Phi) is 3.94. The molecule has 0 spiro atoms. The molecular formula is C17H22FN. The molecule has 0 saturated heterocycles. The number of hydrogen-bond acceptors (Lipinski definition) is 1. The van der Waals surface area contributed by atoms with Crippen LogP contribution in [0, 0.1) is 22.6 Å². The zero-order chi connectivity index (χ0) is 13.9. The first-order valence-corrected chi connectivity index (χ1v) is 7.28. The van der Waals surface area contributed by atoms with E-state index >= 15 is 0 Å². The van der Waals surface area contributed by atoms with Crippen molar-refractivity contribution in [1.82, 2.24) is 0 Å². The molecule has 0 heterocycles. The van der Waals surface area contributed by atoms with Gasteiger partial charge in [-0.2, -0.15) is 5.26 Å². The van der Waals surface area contributed by atoms with Crippen LogP contribution >= 0.6 is 0 Å². The molecule has 102 valence electrons. The van der Waals surface area contributed by atoms with E-state index in [-0.39, 0.29) is 11.2 Å². The molecule has 0 aromatic heterocycles. The van der Waals surface area contributed by atoms with Gasteiger partial charge in [-0.05, 0) is 37.2 Å². The highest BCUT2D eigenvalue weighted by Crippen LogP contribution is 2.60. The van der Waals surface area contributed by atoms with Crippen molar-refractivity contribution >= 4 is 0 Å². The van der Waals surface area contributed by atoms with Gasteiger partial charge in [-0.3, -0.25) is 0 Å². The van der Waals surface area contributed by atoms with Crippen molar-refractivity contribution in [2.45, 2.75) is 57.8 Å². The monoisotopic (exact) mass is 259 g/mol. The lowest BCUT2D eigenvalue weighted by Crippen LogP contribution is -2.49. The first-order valence-electron chi connectivity index (χ1n) is 7.28. The van der Waals surface area contributed by atoms with Crippen LogP contribution in [0.3, 0.4) is 0 Å². The molecule has 0 amide bonds. The lowest BCUT2D eigenvalue weighted by atomic mass is 9.48. The van der Waals surface area contributed by atoms with Gasteiger partial charge in [-0.25, -0.2) is 4.39 Å². The predicted octanol–water partition coefficient (Wildman–Crippen LogP) is 4.97. The van der Waals surface area contributed by atoms with Crippen molar-refractivity contribution in [2.24, 2.45) is 5.41 Å². The van der Waals surface area contributed by atoms with Gasteiger partial charge in [0.25, 0.3) is 0 Å². The maximum absolute atomic E-state index is 14.0. The van der Waals surface area contributed by atoms with Crippen molar-refractivity contribution < 1.29 is 4.39 Å². The first-order chi connectivity index (χ1) is 9.11. The fourth-order valence-electron chi connectivity index (χ4n) is 3.95. The molecule has 1 aliphatic rings. The van der Waals surface area contributed by atoms with Gasteiger partial charge in [0.05, 0.1) is 11.5 Å². The zero-order valence-corrected chi connectivity index (χ0v) is 11.9. The van der Waals surface area contributed by atoms with Gasteiger partial charge in [0.1, 0.15) is 5.82 Å².